The Balaban J connectivity index is 5.11. The Morgan fingerprint density at radius 1 is 1.16 bits per heavy atom. The first-order valence-corrected chi connectivity index (χ1v) is 10.2. The molecular weight excluding hydrogens is 384 g/mol. The topological polar surface area (TPSA) is 174 Å². The molecule has 2 amide bonds. The van der Waals surface area contributed by atoms with Crippen LogP contribution in [0.15, 0.2) is 0 Å². The number of hydrogen-bond acceptors (Lipinski definition) is 9. The van der Waals surface area contributed by atoms with Gasteiger partial charge in [0.25, 0.3) is 26.1 Å². The third kappa shape index (κ3) is 12.5. The molecule has 0 rings (SSSR count). The molecule has 0 aliphatic carbocycles. The van der Waals surface area contributed by atoms with Gasteiger partial charge in [-0.05, 0) is 27.7 Å². The van der Waals surface area contributed by atoms with Gasteiger partial charge in [0.1, 0.15) is 17.7 Å². The van der Waals surface area contributed by atoms with Crippen molar-refractivity contribution in [2.45, 2.75) is 45.4 Å². The van der Waals surface area contributed by atoms with Crippen LogP contribution in [0, 0.1) is 0 Å². The molecule has 0 aromatic carbocycles. The molecule has 0 saturated carbocycles. The van der Waals surface area contributed by atoms with Crippen LogP contribution in [0.1, 0.15) is 27.7 Å². The summed E-state index contributed by atoms with van der Waals surface area (Å²) in [7, 11) is -8.48. The molecule has 0 aliphatic heterocycles. The van der Waals surface area contributed by atoms with Crippen molar-refractivity contribution in [1.29, 1.82) is 0 Å². The van der Waals surface area contributed by atoms with E-state index in [0.29, 0.717) is 0 Å². The van der Waals surface area contributed by atoms with Crippen molar-refractivity contribution in [2.24, 2.45) is 0 Å². The molecule has 0 bridgehead atoms. The van der Waals surface area contributed by atoms with Crippen molar-refractivity contribution in [2.75, 3.05) is 12.2 Å². The summed E-state index contributed by atoms with van der Waals surface area (Å²) in [5.74, 6) is -2.38. The molecule has 0 aliphatic rings. The number of hydrogen-bond donors (Lipinski definition) is 3. The van der Waals surface area contributed by atoms with Gasteiger partial charge in [-0.15, -0.1) is 0 Å². The van der Waals surface area contributed by atoms with Crippen LogP contribution >= 0.6 is 0 Å². The first kappa shape index (κ1) is 23.5. The number of nitrogens with one attached hydrogen (secondary N) is 2. The number of alkyl carbamates (subject to hydrolysis) is 1. The lowest BCUT2D eigenvalue weighted by atomic mass is 10.2. The molecule has 0 unspecified atom stereocenters. The first-order chi connectivity index (χ1) is 11.0. The Labute approximate surface area is 146 Å². The van der Waals surface area contributed by atoms with Gasteiger partial charge in [0.2, 0.25) is 5.94 Å². The van der Waals surface area contributed by atoms with Crippen LogP contribution in [0.5, 0.6) is 0 Å². The fourth-order valence-electron chi connectivity index (χ4n) is 1.40. The lowest BCUT2D eigenvalue weighted by Crippen LogP contribution is -2.54. The zero-order valence-electron chi connectivity index (χ0n) is 14.3. The maximum absolute atomic E-state index is 12.0. The minimum atomic E-state index is -4.52. The largest absolute Gasteiger partial charge is 0.444 e. The summed E-state index contributed by atoms with van der Waals surface area (Å²) in [4.78, 5) is 28.1. The van der Waals surface area contributed by atoms with Crippen LogP contribution < -0.4 is 10.8 Å². The second-order valence-electron chi connectivity index (χ2n) is 5.94. The highest BCUT2D eigenvalue weighted by atomic mass is 32.2. The van der Waals surface area contributed by atoms with Crippen molar-refractivity contribution >= 4 is 32.2 Å². The molecule has 0 spiro atoms. The molecule has 25 heavy (non-hydrogen) atoms. The van der Waals surface area contributed by atoms with Crippen LogP contribution in [0.25, 0.3) is 0 Å². The van der Waals surface area contributed by atoms with Gasteiger partial charge in [-0.1, -0.05) is 0 Å². The van der Waals surface area contributed by atoms with E-state index in [1.807, 2.05) is 0 Å². The highest BCUT2D eigenvalue weighted by molar-refractivity contribution is 7.86. The molecular formula is C11H22N2O10S2. The Morgan fingerprint density at radius 2 is 1.68 bits per heavy atom. The van der Waals surface area contributed by atoms with E-state index < -0.39 is 55.9 Å². The predicted octanol–water partition coefficient (Wildman–Crippen LogP) is -0.862. The normalized spacial score (nSPS) is 15.1. The van der Waals surface area contributed by atoms with Gasteiger partial charge in [0.05, 0.1) is 6.26 Å². The van der Waals surface area contributed by atoms with E-state index >= 15 is 0 Å². The Bertz CT molecular complexity index is 680. The average molecular weight is 406 g/mol. The highest BCUT2D eigenvalue weighted by Crippen LogP contribution is 2.09. The third-order valence-electron chi connectivity index (χ3n) is 2.13. The van der Waals surface area contributed by atoms with Crippen LogP contribution in [-0.2, 0) is 38.8 Å². The molecule has 0 heterocycles. The molecule has 0 aromatic rings. The van der Waals surface area contributed by atoms with Crippen molar-refractivity contribution < 1.29 is 44.7 Å². The maximum Gasteiger partial charge on any atom is 0.408 e. The zero-order chi connectivity index (χ0) is 20.1. The summed E-state index contributed by atoms with van der Waals surface area (Å²) >= 11 is 0. The van der Waals surface area contributed by atoms with Gasteiger partial charge >= 0.3 is 6.09 Å². The summed E-state index contributed by atoms with van der Waals surface area (Å²) in [5.41, 5.74) is 0.756. The number of ether oxygens (including phenoxy) is 1. The van der Waals surface area contributed by atoms with Crippen LogP contribution in [-0.4, -0.2) is 63.3 Å². The van der Waals surface area contributed by atoms with E-state index in [2.05, 4.69) is 14.3 Å². The second kappa shape index (κ2) is 8.75. The van der Waals surface area contributed by atoms with Gasteiger partial charge < -0.3 is 10.1 Å². The summed E-state index contributed by atoms with van der Waals surface area (Å²) in [6.45, 7) is 5.86. The van der Waals surface area contributed by atoms with Crippen LogP contribution in [0.4, 0.5) is 4.79 Å². The van der Waals surface area contributed by atoms with Crippen molar-refractivity contribution in [3.63, 3.8) is 0 Å². The summed E-state index contributed by atoms with van der Waals surface area (Å²) in [6, 6.07) is -1.61. The fourth-order valence-corrected chi connectivity index (χ4v) is 2.27. The lowest BCUT2D eigenvalue weighted by Gasteiger charge is -2.25. The van der Waals surface area contributed by atoms with E-state index in [0.717, 1.165) is 6.26 Å². The minimum Gasteiger partial charge on any atom is -0.444 e. The van der Waals surface area contributed by atoms with E-state index in [9.17, 15) is 26.4 Å². The molecule has 0 radical (unpaired) electrons. The highest BCUT2D eigenvalue weighted by Gasteiger charge is 2.32. The molecule has 0 aromatic heterocycles. The molecule has 0 fully saturated rings. The summed E-state index contributed by atoms with van der Waals surface area (Å²) in [6.07, 6.45) is -1.69. The molecule has 3 N–H and O–H groups in total. The number of carbonyl (C=O) groups is 2. The Hall–Kier alpha value is -1.48. The molecule has 14 heteroatoms. The molecule has 148 valence electrons. The quantitative estimate of drug-likeness (QED) is 0.261. The van der Waals surface area contributed by atoms with Crippen molar-refractivity contribution in [3.05, 3.63) is 0 Å². The molecule has 12 nitrogen and oxygen atoms in total. The number of hydroxylamine groups is 1. The maximum atomic E-state index is 12.0. The zero-order valence-corrected chi connectivity index (χ0v) is 15.9. The van der Waals surface area contributed by atoms with E-state index in [4.69, 9.17) is 9.29 Å². The third-order valence-corrected chi connectivity index (χ3v) is 3.20. The fraction of sp³-hybridized carbons (Fsp3) is 0.818. The number of rotatable bonds is 8. The standard InChI is InChI=1S/C11H22N2O10S2/c1-7(23-24(5,16)17)8(12-10(15)22-11(2,3)4)9(14)13-21-6-25(18,19)20/h7-8H,6H2,1-5H3,(H,12,15)(H,13,14)(H,18,19,20)/t7-,8+/m1/s1. The second-order valence-corrected chi connectivity index (χ2v) is 8.94. The van der Waals surface area contributed by atoms with E-state index in [-0.39, 0.29) is 0 Å². The predicted molar refractivity (Wildman–Crippen MR) is 84.2 cm³/mol. The molecule has 2 atom stereocenters. The van der Waals surface area contributed by atoms with Gasteiger partial charge in [0.15, 0.2) is 0 Å². The van der Waals surface area contributed by atoms with E-state index in [1.165, 1.54) is 6.92 Å². The van der Waals surface area contributed by atoms with Crippen molar-refractivity contribution in [1.82, 2.24) is 10.8 Å². The van der Waals surface area contributed by atoms with Gasteiger partial charge in [0, 0.05) is 0 Å². The lowest BCUT2D eigenvalue weighted by molar-refractivity contribution is -0.136. The average Bonchev–Trinajstić information content (AvgIpc) is 2.29. The van der Waals surface area contributed by atoms with Gasteiger partial charge in [-0.25, -0.2) is 10.3 Å². The smallest absolute Gasteiger partial charge is 0.408 e. The molecule has 0 saturated heterocycles. The number of amides is 2. The van der Waals surface area contributed by atoms with Crippen LogP contribution in [0.3, 0.4) is 0 Å². The van der Waals surface area contributed by atoms with Crippen LogP contribution in [0.2, 0.25) is 0 Å². The summed E-state index contributed by atoms with van der Waals surface area (Å²) in [5, 5.41) is 2.09. The minimum absolute atomic E-state index is 0.737. The summed E-state index contributed by atoms with van der Waals surface area (Å²) < 4.78 is 61.5. The van der Waals surface area contributed by atoms with Crippen molar-refractivity contribution in [3.8, 4) is 0 Å². The Kier molecular flexibility index (Phi) is 8.23. The Morgan fingerprint density at radius 3 is 2.08 bits per heavy atom. The van der Waals surface area contributed by atoms with Gasteiger partial charge in [-0.3, -0.25) is 18.4 Å². The van der Waals surface area contributed by atoms with E-state index in [1.54, 1.807) is 26.3 Å². The SMILES string of the molecule is C[C@@H](OS(C)(=O)=O)[C@H](NC(=O)OC(C)(C)C)C(=O)NOCS(=O)(=O)O. The van der Waals surface area contributed by atoms with Gasteiger partial charge in [-0.2, -0.15) is 16.8 Å². The number of carbonyl (C=O) groups excluding carboxylic acids is 2. The first-order valence-electron chi connectivity index (χ1n) is 6.75. The monoisotopic (exact) mass is 406 g/mol.